The Morgan fingerprint density at radius 2 is 2.11 bits per heavy atom. The highest BCUT2D eigenvalue weighted by Gasteiger charge is 2.13. The van der Waals surface area contributed by atoms with Crippen molar-refractivity contribution in [3.8, 4) is 11.5 Å². The summed E-state index contributed by atoms with van der Waals surface area (Å²) in [5, 5.41) is 12.4. The quantitative estimate of drug-likeness (QED) is 0.638. The Morgan fingerprint density at radius 1 is 1.26 bits per heavy atom. The first kappa shape index (κ1) is 11.4. The zero-order valence-electron chi connectivity index (χ0n) is 10.4. The molecule has 3 heterocycles. The van der Waals surface area contributed by atoms with Gasteiger partial charge in [-0.25, -0.2) is 4.79 Å². The van der Waals surface area contributed by atoms with Crippen molar-refractivity contribution in [2.75, 3.05) is 7.11 Å². The van der Waals surface area contributed by atoms with Crippen LogP contribution in [0.3, 0.4) is 0 Å². The van der Waals surface area contributed by atoms with Crippen LogP contribution in [-0.4, -0.2) is 37.5 Å². The van der Waals surface area contributed by atoms with Gasteiger partial charge in [-0.15, -0.1) is 10.2 Å². The van der Waals surface area contributed by atoms with E-state index in [0.29, 0.717) is 22.7 Å². The zero-order chi connectivity index (χ0) is 13.4. The summed E-state index contributed by atoms with van der Waals surface area (Å²) in [6.07, 6.45) is 3.46. The van der Waals surface area contributed by atoms with Crippen LogP contribution < -0.4 is 0 Å². The van der Waals surface area contributed by atoms with Crippen molar-refractivity contribution in [3.63, 3.8) is 0 Å². The first-order valence-corrected chi connectivity index (χ1v) is 5.62. The summed E-state index contributed by atoms with van der Waals surface area (Å²) >= 11 is 0. The van der Waals surface area contributed by atoms with Crippen LogP contribution in [0.4, 0.5) is 0 Å². The first-order chi connectivity index (χ1) is 9.19. The van der Waals surface area contributed by atoms with Crippen LogP contribution in [0.1, 0.15) is 10.4 Å². The van der Waals surface area contributed by atoms with Crippen molar-refractivity contribution < 1.29 is 9.53 Å². The Bertz CT molecular complexity index is 758. The van der Waals surface area contributed by atoms with Gasteiger partial charge in [-0.1, -0.05) is 0 Å². The Labute approximate surface area is 108 Å². The summed E-state index contributed by atoms with van der Waals surface area (Å²) < 4.78 is 8.10. The van der Waals surface area contributed by atoms with Crippen molar-refractivity contribution in [3.05, 3.63) is 36.2 Å². The molecule has 0 saturated carbocycles. The van der Waals surface area contributed by atoms with Crippen LogP contribution in [0.25, 0.3) is 17.2 Å². The molecular weight excluding hydrogens is 246 g/mol. The van der Waals surface area contributed by atoms with Gasteiger partial charge >= 0.3 is 5.97 Å². The monoisotopic (exact) mass is 257 g/mol. The first-order valence-electron chi connectivity index (χ1n) is 5.62. The van der Waals surface area contributed by atoms with Gasteiger partial charge in [0.1, 0.15) is 5.69 Å². The Morgan fingerprint density at radius 3 is 2.79 bits per heavy atom. The lowest BCUT2D eigenvalue weighted by Crippen LogP contribution is -2.03. The van der Waals surface area contributed by atoms with Gasteiger partial charge in [-0.3, -0.25) is 9.08 Å². The van der Waals surface area contributed by atoms with Gasteiger partial charge in [0.15, 0.2) is 11.5 Å². The third-order valence-corrected chi connectivity index (χ3v) is 2.77. The number of rotatable bonds is 2. The number of hydrogen-bond acceptors (Lipinski definition) is 5. The molecule has 0 unspecified atom stereocenters. The molecule has 0 aliphatic carbocycles. The molecule has 7 nitrogen and oxygen atoms in total. The van der Waals surface area contributed by atoms with Crippen LogP contribution in [-0.2, 0) is 11.8 Å². The normalized spacial score (nSPS) is 10.8. The molecule has 0 bridgehead atoms. The van der Waals surface area contributed by atoms with E-state index in [9.17, 15) is 4.79 Å². The Hall–Kier alpha value is -2.70. The van der Waals surface area contributed by atoms with Gasteiger partial charge in [0.25, 0.3) is 0 Å². The fraction of sp³-hybridized carbons (Fsp3) is 0.167. The number of aromatic nitrogens is 5. The van der Waals surface area contributed by atoms with Gasteiger partial charge in [-0.2, -0.15) is 5.10 Å². The van der Waals surface area contributed by atoms with Gasteiger partial charge < -0.3 is 4.74 Å². The fourth-order valence-corrected chi connectivity index (χ4v) is 1.84. The summed E-state index contributed by atoms with van der Waals surface area (Å²) in [5.74, 6) is 0.184. The van der Waals surface area contributed by atoms with E-state index in [1.54, 1.807) is 27.4 Å². The molecule has 0 spiro atoms. The number of hydrogen-bond donors (Lipinski definition) is 0. The molecule has 19 heavy (non-hydrogen) atoms. The topological polar surface area (TPSA) is 74.3 Å². The lowest BCUT2D eigenvalue weighted by Gasteiger charge is -2.01. The second-order valence-corrected chi connectivity index (χ2v) is 4.04. The molecule has 96 valence electrons. The van der Waals surface area contributed by atoms with Crippen LogP contribution >= 0.6 is 0 Å². The highest BCUT2D eigenvalue weighted by molar-refractivity contribution is 5.89. The van der Waals surface area contributed by atoms with Gasteiger partial charge in [0.2, 0.25) is 0 Å². The molecule has 0 atom stereocenters. The lowest BCUT2D eigenvalue weighted by molar-refractivity contribution is 0.0600. The standard InChI is InChI=1S/C12H11N5O2/c1-16-6-5-9(15-16)11-14-13-10-4-3-8(7-17(10)11)12(18)19-2/h3-7H,1-2H3. The van der Waals surface area contributed by atoms with E-state index in [1.165, 1.54) is 7.11 Å². The molecule has 3 aromatic rings. The summed E-state index contributed by atoms with van der Waals surface area (Å²) in [6, 6.07) is 5.20. The predicted molar refractivity (Wildman–Crippen MR) is 66.5 cm³/mol. The van der Waals surface area contributed by atoms with Crippen molar-refractivity contribution in [1.82, 2.24) is 24.4 Å². The van der Waals surface area contributed by atoms with E-state index in [0.717, 1.165) is 0 Å². The minimum absolute atomic E-state index is 0.400. The van der Waals surface area contributed by atoms with E-state index in [4.69, 9.17) is 4.74 Å². The maximum absolute atomic E-state index is 11.5. The zero-order valence-corrected chi connectivity index (χ0v) is 10.4. The van der Waals surface area contributed by atoms with E-state index >= 15 is 0 Å². The third-order valence-electron chi connectivity index (χ3n) is 2.77. The fourth-order valence-electron chi connectivity index (χ4n) is 1.84. The molecule has 0 aromatic carbocycles. The van der Waals surface area contributed by atoms with E-state index < -0.39 is 5.97 Å². The minimum Gasteiger partial charge on any atom is -0.465 e. The number of aryl methyl sites for hydroxylation is 1. The smallest absolute Gasteiger partial charge is 0.339 e. The summed E-state index contributed by atoms with van der Waals surface area (Å²) in [4.78, 5) is 11.5. The minimum atomic E-state index is -0.400. The SMILES string of the molecule is COC(=O)c1ccc2nnc(-c3ccn(C)n3)n2c1. The van der Waals surface area contributed by atoms with E-state index in [1.807, 2.05) is 19.3 Å². The largest absolute Gasteiger partial charge is 0.465 e. The number of methoxy groups -OCH3 is 1. The van der Waals surface area contributed by atoms with E-state index in [2.05, 4.69) is 15.3 Å². The predicted octanol–water partition coefficient (Wildman–Crippen LogP) is 0.916. The third kappa shape index (κ3) is 1.85. The number of carbonyl (C=O) groups excluding carboxylic acids is 1. The van der Waals surface area contributed by atoms with Crippen LogP contribution in [0, 0.1) is 0 Å². The number of pyridine rings is 1. The number of ether oxygens (including phenoxy) is 1. The van der Waals surface area contributed by atoms with Gasteiger partial charge in [0.05, 0.1) is 12.7 Å². The Balaban J connectivity index is 2.18. The summed E-state index contributed by atoms with van der Waals surface area (Å²) in [5.41, 5.74) is 1.78. The van der Waals surface area contributed by atoms with Gasteiger partial charge in [0, 0.05) is 19.4 Å². The van der Waals surface area contributed by atoms with Crippen LogP contribution in [0.2, 0.25) is 0 Å². The highest BCUT2D eigenvalue weighted by Crippen LogP contribution is 2.16. The average molecular weight is 257 g/mol. The number of nitrogens with zero attached hydrogens (tertiary/aromatic N) is 5. The second kappa shape index (κ2) is 4.20. The van der Waals surface area contributed by atoms with Crippen molar-refractivity contribution in [2.24, 2.45) is 7.05 Å². The number of fused-ring (bicyclic) bond motifs is 1. The molecule has 0 amide bonds. The van der Waals surface area contributed by atoms with Gasteiger partial charge in [-0.05, 0) is 18.2 Å². The summed E-state index contributed by atoms with van der Waals surface area (Å²) in [6.45, 7) is 0. The molecule has 3 aromatic heterocycles. The molecule has 0 radical (unpaired) electrons. The molecule has 0 N–H and O–H groups in total. The molecule has 0 aliphatic heterocycles. The molecule has 0 fully saturated rings. The molecule has 3 rings (SSSR count). The van der Waals surface area contributed by atoms with Crippen molar-refractivity contribution in [2.45, 2.75) is 0 Å². The second-order valence-electron chi connectivity index (χ2n) is 4.04. The average Bonchev–Trinajstić information content (AvgIpc) is 3.02. The van der Waals surface area contributed by atoms with Crippen LogP contribution in [0.5, 0.6) is 0 Å². The molecule has 7 heteroatoms. The maximum Gasteiger partial charge on any atom is 0.339 e. The number of esters is 1. The molecule has 0 aliphatic rings. The van der Waals surface area contributed by atoms with Crippen molar-refractivity contribution in [1.29, 1.82) is 0 Å². The highest BCUT2D eigenvalue weighted by atomic mass is 16.5. The molecule has 0 saturated heterocycles. The summed E-state index contributed by atoms with van der Waals surface area (Å²) in [7, 11) is 3.17. The lowest BCUT2D eigenvalue weighted by atomic mass is 10.3. The van der Waals surface area contributed by atoms with Crippen molar-refractivity contribution >= 4 is 11.6 Å². The maximum atomic E-state index is 11.5. The number of carbonyl (C=O) groups is 1. The van der Waals surface area contributed by atoms with Crippen LogP contribution in [0.15, 0.2) is 30.6 Å². The van der Waals surface area contributed by atoms with E-state index in [-0.39, 0.29) is 0 Å². The molecular formula is C12H11N5O2. The Kier molecular flexibility index (Phi) is 2.52.